The molecule has 5 nitrogen and oxygen atoms in total. The van der Waals surface area contributed by atoms with Crippen molar-refractivity contribution in [1.82, 2.24) is 9.55 Å². The summed E-state index contributed by atoms with van der Waals surface area (Å²) in [5.41, 5.74) is 1.05. The molecule has 0 amide bonds. The maximum absolute atomic E-state index is 5.40. The minimum absolute atomic E-state index is 0.617. The number of anilines is 1. The Morgan fingerprint density at radius 1 is 1.65 bits per heavy atom. The van der Waals surface area contributed by atoms with Gasteiger partial charge < -0.3 is 19.4 Å². The van der Waals surface area contributed by atoms with Gasteiger partial charge in [-0.2, -0.15) is 0 Å². The summed E-state index contributed by atoms with van der Waals surface area (Å²) in [5.74, 6) is 1.55. The van der Waals surface area contributed by atoms with Crippen LogP contribution in [0.15, 0.2) is 6.20 Å². The van der Waals surface area contributed by atoms with E-state index in [0.717, 1.165) is 44.4 Å². The lowest BCUT2D eigenvalue weighted by molar-refractivity contribution is 0.182. The Morgan fingerprint density at radius 2 is 2.53 bits per heavy atom. The van der Waals surface area contributed by atoms with Gasteiger partial charge in [0.25, 0.3) is 0 Å². The lowest BCUT2D eigenvalue weighted by Crippen LogP contribution is -2.16. The average Bonchev–Trinajstić information content (AvgIpc) is 2.90. The monoisotopic (exact) mass is 239 g/mol. The summed E-state index contributed by atoms with van der Waals surface area (Å²) in [5, 5.41) is 3.30. The van der Waals surface area contributed by atoms with Crippen molar-refractivity contribution in [1.29, 1.82) is 0 Å². The number of imidazole rings is 1. The molecule has 0 aromatic carbocycles. The van der Waals surface area contributed by atoms with Gasteiger partial charge in [-0.15, -0.1) is 0 Å². The Morgan fingerprint density at radius 3 is 3.24 bits per heavy atom. The van der Waals surface area contributed by atoms with Gasteiger partial charge >= 0.3 is 0 Å². The van der Waals surface area contributed by atoms with Gasteiger partial charge in [-0.3, -0.25) is 0 Å². The van der Waals surface area contributed by atoms with Gasteiger partial charge in [-0.25, -0.2) is 4.98 Å². The van der Waals surface area contributed by atoms with Crippen LogP contribution in [-0.2, 0) is 16.0 Å². The molecule has 0 saturated carbocycles. The fraction of sp³-hybridized carbons (Fsp3) is 0.750. The number of rotatable bonds is 6. The van der Waals surface area contributed by atoms with Crippen LogP contribution < -0.4 is 5.32 Å². The molecule has 1 fully saturated rings. The number of nitrogens with zero attached hydrogens (tertiary/aromatic N) is 2. The number of nitrogens with one attached hydrogen (secondary N) is 1. The molecular formula is C12H21N3O2. The standard InChI is InChI=1S/C12H21N3O2/c1-10-7-15(8-11-3-5-17-9-11)12(14-10)13-4-6-16-2/h7,11H,3-6,8-9H2,1-2H3,(H,13,14). The van der Waals surface area contributed by atoms with E-state index in [1.54, 1.807) is 7.11 Å². The zero-order valence-electron chi connectivity index (χ0n) is 10.6. The largest absolute Gasteiger partial charge is 0.383 e. The fourth-order valence-corrected chi connectivity index (χ4v) is 2.10. The molecule has 1 aromatic heterocycles. The Kier molecular flexibility index (Phi) is 4.39. The van der Waals surface area contributed by atoms with Crippen LogP contribution in [0.4, 0.5) is 5.95 Å². The smallest absolute Gasteiger partial charge is 0.203 e. The lowest BCUT2D eigenvalue weighted by Gasteiger charge is -2.12. The van der Waals surface area contributed by atoms with Crippen molar-refractivity contribution in [3.63, 3.8) is 0 Å². The average molecular weight is 239 g/mol. The molecule has 1 aliphatic heterocycles. The first-order valence-corrected chi connectivity index (χ1v) is 6.14. The molecule has 1 atom stereocenters. The lowest BCUT2D eigenvalue weighted by atomic mass is 10.1. The molecule has 1 saturated heterocycles. The van der Waals surface area contributed by atoms with Gasteiger partial charge in [0.05, 0.1) is 18.9 Å². The summed E-state index contributed by atoms with van der Waals surface area (Å²) in [6.07, 6.45) is 3.24. The molecule has 1 aromatic rings. The van der Waals surface area contributed by atoms with Crippen LogP contribution in [-0.4, -0.2) is 43.0 Å². The van der Waals surface area contributed by atoms with Crippen molar-refractivity contribution in [3.8, 4) is 0 Å². The molecule has 5 heteroatoms. The van der Waals surface area contributed by atoms with Crippen molar-refractivity contribution in [2.45, 2.75) is 19.9 Å². The SMILES string of the molecule is COCCNc1nc(C)cn1CC1CCOC1. The third-order valence-electron chi connectivity index (χ3n) is 2.97. The second-order valence-corrected chi connectivity index (χ2v) is 4.51. The molecule has 17 heavy (non-hydrogen) atoms. The van der Waals surface area contributed by atoms with Crippen LogP contribution in [0.5, 0.6) is 0 Å². The third kappa shape index (κ3) is 3.44. The number of aryl methyl sites for hydroxylation is 1. The molecule has 0 radical (unpaired) electrons. The first-order chi connectivity index (χ1) is 8.29. The quantitative estimate of drug-likeness (QED) is 0.760. The fourth-order valence-electron chi connectivity index (χ4n) is 2.10. The number of aromatic nitrogens is 2. The van der Waals surface area contributed by atoms with E-state index in [9.17, 15) is 0 Å². The van der Waals surface area contributed by atoms with Crippen LogP contribution in [0.1, 0.15) is 12.1 Å². The summed E-state index contributed by atoms with van der Waals surface area (Å²) in [7, 11) is 1.70. The van der Waals surface area contributed by atoms with Crippen LogP contribution >= 0.6 is 0 Å². The van der Waals surface area contributed by atoms with Crippen molar-refractivity contribution < 1.29 is 9.47 Å². The summed E-state index contributed by atoms with van der Waals surface area (Å²) >= 11 is 0. The first kappa shape index (κ1) is 12.4. The highest BCUT2D eigenvalue weighted by molar-refractivity contribution is 5.28. The molecule has 1 unspecified atom stereocenters. The van der Waals surface area contributed by atoms with E-state index in [0.29, 0.717) is 12.5 Å². The topological polar surface area (TPSA) is 48.3 Å². The Labute approximate surface area is 102 Å². The maximum Gasteiger partial charge on any atom is 0.203 e. The molecule has 0 spiro atoms. The Bertz CT molecular complexity index is 346. The number of hydrogen-bond acceptors (Lipinski definition) is 4. The summed E-state index contributed by atoms with van der Waals surface area (Å²) in [4.78, 5) is 4.48. The molecule has 2 heterocycles. The van der Waals surface area contributed by atoms with E-state index in [-0.39, 0.29) is 0 Å². The normalized spacial score (nSPS) is 19.8. The number of hydrogen-bond donors (Lipinski definition) is 1. The molecule has 1 aliphatic rings. The summed E-state index contributed by atoms with van der Waals surface area (Å²) in [6.45, 7) is 6.24. The van der Waals surface area contributed by atoms with E-state index < -0.39 is 0 Å². The Hall–Kier alpha value is -1.07. The highest BCUT2D eigenvalue weighted by Gasteiger charge is 2.17. The summed E-state index contributed by atoms with van der Waals surface area (Å²) < 4.78 is 12.6. The zero-order valence-corrected chi connectivity index (χ0v) is 10.6. The molecule has 1 N–H and O–H groups in total. The van der Waals surface area contributed by atoms with Crippen molar-refractivity contribution in [2.75, 3.05) is 38.8 Å². The number of ether oxygens (including phenoxy) is 2. The van der Waals surface area contributed by atoms with E-state index >= 15 is 0 Å². The predicted molar refractivity (Wildman–Crippen MR) is 66.3 cm³/mol. The van der Waals surface area contributed by atoms with Crippen LogP contribution in [0.2, 0.25) is 0 Å². The van der Waals surface area contributed by atoms with Crippen LogP contribution in [0, 0.1) is 12.8 Å². The molecule has 2 rings (SSSR count). The van der Waals surface area contributed by atoms with Gasteiger partial charge in [0.1, 0.15) is 0 Å². The Balaban J connectivity index is 1.94. The molecular weight excluding hydrogens is 218 g/mol. The molecule has 96 valence electrons. The molecule has 0 aliphatic carbocycles. The number of methoxy groups -OCH3 is 1. The minimum atomic E-state index is 0.617. The van der Waals surface area contributed by atoms with E-state index in [4.69, 9.17) is 9.47 Å². The van der Waals surface area contributed by atoms with E-state index in [2.05, 4.69) is 21.1 Å². The minimum Gasteiger partial charge on any atom is -0.383 e. The van der Waals surface area contributed by atoms with Crippen LogP contribution in [0.25, 0.3) is 0 Å². The second-order valence-electron chi connectivity index (χ2n) is 4.51. The van der Waals surface area contributed by atoms with Gasteiger partial charge in [-0.05, 0) is 13.3 Å². The van der Waals surface area contributed by atoms with Gasteiger partial charge in [0, 0.05) is 38.9 Å². The van der Waals surface area contributed by atoms with Crippen molar-refractivity contribution in [2.24, 2.45) is 5.92 Å². The molecule has 0 bridgehead atoms. The van der Waals surface area contributed by atoms with Gasteiger partial charge in [0.2, 0.25) is 5.95 Å². The van der Waals surface area contributed by atoms with Gasteiger partial charge in [0.15, 0.2) is 0 Å². The zero-order chi connectivity index (χ0) is 12.1. The second kappa shape index (κ2) is 6.02. The van der Waals surface area contributed by atoms with Crippen LogP contribution in [0.3, 0.4) is 0 Å². The van der Waals surface area contributed by atoms with Gasteiger partial charge in [-0.1, -0.05) is 0 Å². The van der Waals surface area contributed by atoms with E-state index in [1.165, 1.54) is 0 Å². The van der Waals surface area contributed by atoms with E-state index in [1.807, 2.05) is 6.92 Å². The van der Waals surface area contributed by atoms with Crippen molar-refractivity contribution >= 4 is 5.95 Å². The maximum atomic E-state index is 5.40. The first-order valence-electron chi connectivity index (χ1n) is 6.14. The summed E-state index contributed by atoms with van der Waals surface area (Å²) in [6, 6.07) is 0. The highest BCUT2D eigenvalue weighted by atomic mass is 16.5. The highest BCUT2D eigenvalue weighted by Crippen LogP contribution is 2.18. The predicted octanol–water partition coefficient (Wildman–Crippen LogP) is 1.29. The van der Waals surface area contributed by atoms with Crippen molar-refractivity contribution in [3.05, 3.63) is 11.9 Å². The third-order valence-corrected chi connectivity index (χ3v) is 2.97.